The first kappa shape index (κ1) is 19.6. The van der Waals surface area contributed by atoms with Gasteiger partial charge in [-0.05, 0) is 39.3 Å². The van der Waals surface area contributed by atoms with Crippen molar-refractivity contribution in [3.8, 4) is 5.82 Å². The molecule has 1 N–H and O–H groups in total. The van der Waals surface area contributed by atoms with Crippen LogP contribution in [0.4, 0.5) is 4.79 Å². The summed E-state index contributed by atoms with van der Waals surface area (Å²) in [7, 11) is 0. The number of ketones is 1. The minimum Gasteiger partial charge on any atom is -0.360 e. The number of carbonyl (C=O) groups excluding carboxylic acids is 3. The molecule has 8 heteroatoms. The van der Waals surface area contributed by atoms with Crippen molar-refractivity contribution in [3.05, 3.63) is 70.7 Å². The van der Waals surface area contributed by atoms with E-state index in [0.717, 1.165) is 10.6 Å². The lowest BCUT2D eigenvalue weighted by molar-refractivity contribution is -0.130. The molecule has 30 heavy (non-hydrogen) atoms. The van der Waals surface area contributed by atoms with Gasteiger partial charge in [0.2, 0.25) is 0 Å². The summed E-state index contributed by atoms with van der Waals surface area (Å²) >= 11 is 0. The molecule has 0 saturated carbocycles. The molecule has 1 atom stereocenters. The lowest BCUT2D eigenvalue weighted by Gasteiger charge is -2.22. The molecule has 3 amide bonds. The van der Waals surface area contributed by atoms with Crippen molar-refractivity contribution in [1.29, 1.82) is 0 Å². The number of benzene rings is 1. The maximum Gasteiger partial charge on any atom is 0.325 e. The van der Waals surface area contributed by atoms with E-state index in [4.69, 9.17) is 4.52 Å². The van der Waals surface area contributed by atoms with Gasteiger partial charge in [0, 0.05) is 23.0 Å². The van der Waals surface area contributed by atoms with Crippen LogP contribution < -0.4 is 5.32 Å². The van der Waals surface area contributed by atoms with E-state index >= 15 is 0 Å². The number of Topliss-reactive ketones (excluding diaryl/α,β-unsaturated/α-hetero) is 1. The lowest BCUT2D eigenvalue weighted by Crippen LogP contribution is -2.41. The number of imide groups is 1. The molecule has 0 spiro atoms. The van der Waals surface area contributed by atoms with Gasteiger partial charge in [-0.2, -0.15) is 0 Å². The lowest BCUT2D eigenvalue weighted by atomic mass is 9.92. The molecule has 1 saturated heterocycles. The summed E-state index contributed by atoms with van der Waals surface area (Å²) in [6.07, 6.45) is 0. The third-order valence-electron chi connectivity index (χ3n) is 5.50. The van der Waals surface area contributed by atoms with Crippen molar-refractivity contribution >= 4 is 17.7 Å². The maximum atomic E-state index is 13.0. The molecule has 1 fully saturated rings. The molecule has 1 aromatic carbocycles. The summed E-state index contributed by atoms with van der Waals surface area (Å²) in [5.74, 6) is 0.460. The quantitative estimate of drug-likeness (QED) is 0.519. The third kappa shape index (κ3) is 3.01. The fraction of sp³-hybridized carbons (Fsp3) is 0.273. The highest BCUT2D eigenvalue weighted by Gasteiger charge is 2.49. The number of urea groups is 1. The van der Waals surface area contributed by atoms with E-state index in [9.17, 15) is 14.4 Å². The monoisotopic (exact) mass is 406 g/mol. The summed E-state index contributed by atoms with van der Waals surface area (Å²) in [6.45, 7) is 6.75. The molecule has 4 rings (SSSR count). The topological polar surface area (TPSA) is 97.4 Å². The molecule has 3 aromatic rings. The molecule has 1 aliphatic heterocycles. The van der Waals surface area contributed by atoms with E-state index in [0.29, 0.717) is 28.4 Å². The number of nitrogens with zero attached hydrogens (tertiary/aromatic N) is 3. The van der Waals surface area contributed by atoms with E-state index in [2.05, 4.69) is 10.5 Å². The van der Waals surface area contributed by atoms with Crippen LogP contribution >= 0.6 is 0 Å². The summed E-state index contributed by atoms with van der Waals surface area (Å²) in [6, 6.07) is 11.9. The number of carbonyl (C=O) groups is 3. The molecule has 1 aliphatic rings. The zero-order valence-electron chi connectivity index (χ0n) is 17.2. The van der Waals surface area contributed by atoms with Crippen LogP contribution in [-0.4, -0.2) is 38.9 Å². The fourth-order valence-corrected chi connectivity index (χ4v) is 3.89. The van der Waals surface area contributed by atoms with Crippen molar-refractivity contribution in [3.63, 3.8) is 0 Å². The molecule has 0 radical (unpaired) electrons. The van der Waals surface area contributed by atoms with Crippen molar-refractivity contribution in [2.45, 2.75) is 33.2 Å². The van der Waals surface area contributed by atoms with Crippen LogP contribution in [0.5, 0.6) is 0 Å². The Balaban J connectivity index is 1.61. The van der Waals surface area contributed by atoms with Gasteiger partial charge < -0.3 is 9.84 Å². The Kier molecular flexibility index (Phi) is 4.57. The van der Waals surface area contributed by atoms with Gasteiger partial charge in [0.1, 0.15) is 11.3 Å². The molecular weight excluding hydrogens is 384 g/mol. The average Bonchev–Trinajstić information content (AvgIpc) is 3.33. The zero-order chi connectivity index (χ0) is 21.6. The van der Waals surface area contributed by atoms with Crippen LogP contribution in [0.3, 0.4) is 0 Å². The molecule has 0 bridgehead atoms. The van der Waals surface area contributed by atoms with Crippen LogP contribution in [0.2, 0.25) is 0 Å². The van der Waals surface area contributed by atoms with Crippen molar-refractivity contribution < 1.29 is 18.9 Å². The summed E-state index contributed by atoms with van der Waals surface area (Å²) < 4.78 is 6.95. The highest BCUT2D eigenvalue weighted by molar-refractivity contribution is 6.11. The predicted molar refractivity (Wildman–Crippen MR) is 108 cm³/mol. The number of aryl methyl sites for hydroxylation is 2. The first-order chi connectivity index (χ1) is 14.2. The Morgan fingerprint density at radius 3 is 2.47 bits per heavy atom. The molecule has 2 aromatic heterocycles. The van der Waals surface area contributed by atoms with Gasteiger partial charge in [0.25, 0.3) is 5.91 Å². The zero-order valence-corrected chi connectivity index (χ0v) is 17.2. The largest absolute Gasteiger partial charge is 0.360 e. The van der Waals surface area contributed by atoms with Crippen molar-refractivity contribution in [2.24, 2.45) is 0 Å². The average molecular weight is 406 g/mol. The first-order valence-electron chi connectivity index (χ1n) is 9.58. The molecular formula is C22H22N4O4. The Bertz CT molecular complexity index is 1160. The van der Waals surface area contributed by atoms with Gasteiger partial charge in [0.05, 0.1) is 6.54 Å². The minimum atomic E-state index is -1.20. The molecule has 0 aliphatic carbocycles. The normalized spacial score (nSPS) is 18.7. The molecule has 8 nitrogen and oxygen atoms in total. The number of hydrogen-bond acceptors (Lipinski definition) is 5. The molecule has 0 unspecified atom stereocenters. The van der Waals surface area contributed by atoms with E-state index in [1.807, 2.05) is 17.6 Å². The second kappa shape index (κ2) is 6.98. The Labute approximate surface area is 173 Å². The number of hydrogen-bond donors (Lipinski definition) is 1. The SMILES string of the molecule is Cc1cc(-n2c(C)cc(C(=O)CN3C(=O)N[C@](C)(c4ccccc4)C3=O)c2C)no1. The van der Waals surface area contributed by atoms with Gasteiger partial charge in [-0.3, -0.25) is 19.1 Å². The second-order valence-electron chi connectivity index (χ2n) is 7.65. The third-order valence-corrected chi connectivity index (χ3v) is 5.50. The number of rotatable bonds is 5. The highest BCUT2D eigenvalue weighted by atomic mass is 16.5. The number of amides is 3. The van der Waals surface area contributed by atoms with E-state index in [-0.39, 0.29) is 12.3 Å². The van der Waals surface area contributed by atoms with E-state index in [1.165, 1.54) is 0 Å². The standard InChI is InChI=1S/C22H22N4O4/c1-13-10-17(15(3)26(13)19-11-14(2)30-24-19)18(27)12-25-20(28)22(4,23-21(25)29)16-8-6-5-7-9-16/h5-11H,12H2,1-4H3,(H,23,29)/t22-/m1/s1. The highest BCUT2D eigenvalue weighted by Crippen LogP contribution is 2.29. The van der Waals surface area contributed by atoms with Crippen LogP contribution in [0.1, 0.15) is 40.0 Å². The first-order valence-corrected chi connectivity index (χ1v) is 9.58. The smallest absolute Gasteiger partial charge is 0.325 e. The van der Waals surface area contributed by atoms with Crippen molar-refractivity contribution in [2.75, 3.05) is 6.54 Å². The molecule has 3 heterocycles. The fourth-order valence-electron chi connectivity index (χ4n) is 3.89. The van der Waals surface area contributed by atoms with E-state index in [1.54, 1.807) is 57.2 Å². The Morgan fingerprint density at radius 1 is 1.13 bits per heavy atom. The summed E-state index contributed by atoms with van der Waals surface area (Å²) in [5, 5.41) is 6.73. The maximum absolute atomic E-state index is 13.0. The summed E-state index contributed by atoms with van der Waals surface area (Å²) in [4.78, 5) is 39.6. The van der Waals surface area contributed by atoms with Gasteiger partial charge in [-0.25, -0.2) is 4.79 Å². The Hall–Kier alpha value is -3.68. The number of aromatic nitrogens is 2. The summed E-state index contributed by atoms with van der Waals surface area (Å²) in [5.41, 5.74) is 1.37. The van der Waals surface area contributed by atoms with Crippen LogP contribution in [0, 0.1) is 20.8 Å². The van der Waals surface area contributed by atoms with Crippen LogP contribution in [0.15, 0.2) is 47.0 Å². The van der Waals surface area contributed by atoms with Gasteiger partial charge in [0.15, 0.2) is 11.6 Å². The van der Waals surface area contributed by atoms with Gasteiger partial charge in [-0.1, -0.05) is 35.5 Å². The van der Waals surface area contributed by atoms with Crippen LogP contribution in [-0.2, 0) is 10.3 Å². The van der Waals surface area contributed by atoms with E-state index < -0.39 is 17.5 Å². The van der Waals surface area contributed by atoms with Gasteiger partial charge >= 0.3 is 6.03 Å². The van der Waals surface area contributed by atoms with Gasteiger partial charge in [-0.15, -0.1) is 0 Å². The minimum absolute atomic E-state index is 0.324. The predicted octanol–water partition coefficient (Wildman–Crippen LogP) is 3.04. The number of nitrogens with one attached hydrogen (secondary N) is 1. The second-order valence-corrected chi connectivity index (χ2v) is 7.65. The van der Waals surface area contributed by atoms with Crippen molar-refractivity contribution in [1.82, 2.24) is 19.9 Å². The molecule has 154 valence electrons. The van der Waals surface area contributed by atoms with Crippen LogP contribution in [0.25, 0.3) is 5.82 Å². The Morgan fingerprint density at radius 2 is 1.83 bits per heavy atom.